The average molecular weight is 350 g/mol. The molecule has 0 saturated heterocycles. The molecule has 126 valence electrons. The van der Waals surface area contributed by atoms with E-state index in [2.05, 4.69) is 10.3 Å². The van der Waals surface area contributed by atoms with E-state index in [4.69, 9.17) is 4.74 Å². The van der Waals surface area contributed by atoms with Crippen molar-refractivity contribution in [3.8, 4) is 5.75 Å². The van der Waals surface area contributed by atoms with Crippen molar-refractivity contribution in [1.82, 2.24) is 4.98 Å². The third-order valence-electron chi connectivity index (χ3n) is 4.10. The van der Waals surface area contributed by atoms with Gasteiger partial charge in [-0.2, -0.15) is 0 Å². The number of anilines is 1. The molecule has 0 spiro atoms. The van der Waals surface area contributed by atoms with E-state index >= 15 is 0 Å². The van der Waals surface area contributed by atoms with Gasteiger partial charge >= 0.3 is 0 Å². The van der Waals surface area contributed by atoms with Crippen molar-refractivity contribution in [3.63, 3.8) is 0 Å². The van der Waals surface area contributed by atoms with Crippen molar-refractivity contribution >= 4 is 22.4 Å². The van der Waals surface area contributed by atoms with Gasteiger partial charge in [0.25, 0.3) is 5.91 Å². The van der Waals surface area contributed by atoms with Gasteiger partial charge in [0.15, 0.2) is 5.13 Å². The fraction of sp³-hybridized carbons (Fsp3) is 0.200. The number of hydrogen-bond acceptors (Lipinski definition) is 4. The first-order valence-electron chi connectivity index (χ1n) is 8.31. The monoisotopic (exact) mass is 350 g/mol. The second kappa shape index (κ2) is 7.07. The summed E-state index contributed by atoms with van der Waals surface area (Å²) in [6, 6.07) is 17.2. The molecule has 1 heterocycles. The molecule has 25 heavy (non-hydrogen) atoms. The summed E-state index contributed by atoms with van der Waals surface area (Å²) >= 11 is 1.48. The number of benzene rings is 2. The van der Waals surface area contributed by atoms with E-state index in [0.29, 0.717) is 23.2 Å². The Labute approximate surface area is 150 Å². The normalized spacial score (nSPS) is 13.4. The molecule has 1 aliphatic rings. The van der Waals surface area contributed by atoms with E-state index in [1.807, 2.05) is 47.8 Å². The van der Waals surface area contributed by atoms with Gasteiger partial charge in [-0.3, -0.25) is 10.1 Å². The van der Waals surface area contributed by atoms with Crippen molar-refractivity contribution < 1.29 is 9.53 Å². The zero-order valence-corrected chi connectivity index (χ0v) is 14.5. The Balaban J connectivity index is 1.34. The summed E-state index contributed by atoms with van der Waals surface area (Å²) in [6.45, 7) is 0.509. The minimum Gasteiger partial charge on any atom is -0.489 e. The van der Waals surface area contributed by atoms with Gasteiger partial charge in [0.05, 0.1) is 5.69 Å². The van der Waals surface area contributed by atoms with Crippen molar-refractivity contribution in [3.05, 3.63) is 76.8 Å². The van der Waals surface area contributed by atoms with E-state index in [1.54, 1.807) is 12.1 Å². The van der Waals surface area contributed by atoms with Crippen LogP contribution in [0.15, 0.2) is 60.0 Å². The first-order chi connectivity index (χ1) is 12.3. The van der Waals surface area contributed by atoms with Crippen LogP contribution in [0.5, 0.6) is 5.75 Å². The number of nitrogens with one attached hydrogen (secondary N) is 1. The molecule has 0 unspecified atom stereocenters. The third kappa shape index (κ3) is 4.06. The fourth-order valence-electron chi connectivity index (χ4n) is 2.52. The number of carbonyl (C=O) groups is 1. The number of rotatable bonds is 6. The smallest absolute Gasteiger partial charge is 0.257 e. The summed E-state index contributed by atoms with van der Waals surface area (Å²) in [7, 11) is 0. The molecular weight excluding hydrogens is 332 g/mol. The predicted molar refractivity (Wildman–Crippen MR) is 99.3 cm³/mol. The topological polar surface area (TPSA) is 51.2 Å². The molecule has 2 aromatic carbocycles. The molecule has 0 atom stereocenters. The Morgan fingerprint density at radius 2 is 1.88 bits per heavy atom. The maximum absolute atomic E-state index is 12.3. The number of amides is 1. The van der Waals surface area contributed by atoms with Crippen molar-refractivity contribution in [2.45, 2.75) is 25.4 Å². The van der Waals surface area contributed by atoms with Crippen molar-refractivity contribution in [2.75, 3.05) is 5.32 Å². The second-order valence-corrected chi connectivity index (χ2v) is 6.96. The van der Waals surface area contributed by atoms with Crippen molar-refractivity contribution in [1.29, 1.82) is 0 Å². The lowest BCUT2D eigenvalue weighted by Gasteiger charge is -2.07. The summed E-state index contributed by atoms with van der Waals surface area (Å²) in [5, 5.41) is 5.56. The van der Waals surface area contributed by atoms with Gasteiger partial charge < -0.3 is 4.74 Å². The molecule has 5 heteroatoms. The van der Waals surface area contributed by atoms with E-state index in [1.165, 1.54) is 24.2 Å². The minimum atomic E-state index is -0.147. The molecule has 4 nitrogen and oxygen atoms in total. The van der Waals surface area contributed by atoms with Gasteiger partial charge in [-0.25, -0.2) is 4.98 Å². The van der Waals surface area contributed by atoms with Gasteiger partial charge in [0.2, 0.25) is 0 Å². The average Bonchev–Trinajstić information content (AvgIpc) is 3.41. The lowest BCUT2D eigenvalue weighted by atomic mass is 10.2. The van der Waals surface area contributed by atoms with Crippen LogP contribution in [-0.4, -0.2) is 10.9 Å². The van der Waals surface area contributed by atoms with Gasteiger partial charge in [0.1, 0.15) is 12.4 Å². The molecule has 4 rings (SSSR count). The summed E-state index contributed by atoms with van der Waals surface area (Å²) in [5.74, 6) is 1.19. The number of thiazole rings is 1. The Morgan fingerprint density at radius 1 is 1.12 bits per heavy atom. The molecule has 0 aliphatic heterocycles. The Kier molecular flexibility index (Phi) is 4.48. The zero-order chi connectivity index (χ0) is 17.1. The highest BCUT2D eigenvalue weighted by Crippen LogP contribution is 2.40. The highest BCUT2D eigenvalue weighted by atomic mass is 32.1. The SMILES string of the molecule is O=C(Nc1nc(C2CC2)cs1)c1ccc(OCc2ccccc2)cc1. The van der Waals surface area contributed by atoms with Gasteiger partial charge in [0, 0.05) is 16.9 Å². The summed E-state index contributed by atoms with van der Waals surface area (Å²) in [6.07, 6.45) is 2.42. The first kappa shape index (κ1) is 15.8. The van der Waals surface area contributed by atoms with Crippen molar-refractivity contribution in [2.24, 2.45) is 0 Å². The van der Waals surface area contributed by atoms with Crippen LogP contribution in [0, 0.1) is 0 Å². The number of aromatic nitrogens is 1. The number of hydrogen-bond donors (Lipinski definition) is 1. The van der Waals surface area contributed by atoms with Crippen LogP contribution in [-0.2, 0) is 6.61 Å². The zero-order valence-electron chi connectivity index (χ0n) is 13.6. The Morgan fingerprint density at radius 3 is 2.60 bits per heavy atom. The minimum absolute atomic E-state index is 0.147. The molecule has 0 radical (unpaired) electrons. The predicted octanol–water partition coefficient (Wildman–Crippen LogP) is 4.85. The Hall–Kier alpha value is -2.66. The van der Waals surface area contributed by atoms with E-state index in [0.717, 1.165) is 17.0 Å². The molecule has 1 amide bonds. The van der Waals surface area contributed by atoms with E-state index < -0.39 is 0 Å². The maximum Gasteiger partial charge on any atom is 0.257 e. The first-order valence-corrected chi connectivity index (χ1v) is 9.19. The lowest BCUT2D eigenvalue weighted by molar-refractivity contribution is 0.102. The molecule has 0 bridgehead atoms. The molecule has 1 saturated carbocycles. The second-order valence-electron chi connectivity index (χ2n) is 6.10. The quantitative estimate of drug-likeness (QED) is 0.691. The fourth-order valence-corrected chi connectivity index (χ4v) is 3.31. The van der Waals surface area contributed by atoms with Gasteiger partial charge in [-0.05, 0) is 42.7 Å². The molecule has 1 aromatic heterocycles. The molecule has 1 aliphatic carbocycles. The van der Waals surface area contributed by atoms with Gasteiger partial charge in [-0.1, -0.05) is 30.3 Å². The number of ether oxygens (including phenoxy) is 1. The summed E-state index contributed by atoms with van der Waals surface area (Å²) < 4.78 is 5.74. The third-order valence-corrected chi connectivity index (χ3v) is 4.88. The number of nitrogens with zero attached hydrogens (tertiary/aromatic N) is 1. The molecule has 1 fully saturated rings. The summed E-state index contributed by atoms with van der Waals surface area (Å²) in [4.78, 5) is 16.8. The highest BCUT2D eigenvalue weighted by molar-refractivity contribution is 7.14. The molecule has 1 N–H and O–H groups in total. The van der Waals surface area contributed by atoms with Crippen LogP contribution in [0.3, 0.4) is 0 Å². The van der Waals surface area contributed by atoms with Crippen LogP contribution < -0.4 is 10.1 Å². The van der Waals surface area contributed by atoms with E-state index in [-0.39, 0.29) is 5.91 Å². The largest absolute Gasteiger partial charge is 0.489 e. The highest BCUT2D eigenvalue weighted by Gasteiger charge is 2.26. The van der Waals surface area contributed by atoms with Crippen LogP contribution in [0.25, 0.3) is 0 Å². The van der Waals surface area contributed by atoms with Crippen LogP contribution in [0.2, 0.25) is 0 Å². The maximum atomic E-state index is 12.3. The summed E-state index contributed by atoms with van der Waals surface area (Å²) in [5.41, 5.74) is 2.81. The Bertz CT molecular complexity index is 855. The van der Waals surface area contributed by atoms with Crippen LogP contribution in [0.1, 0.15) is 40.4 Å². The molecular formula is C20H18N2O2S. The molecule has 3 aromatic rings. The van der Waals surface area contributed by atoms with Crippen LogP contribution in [0.4, 0.5) is 5.13 Å². The standard InChI is InChI=1S/C20H18N2O2S/c23-19(22-20-21-18(13-25-20)15-6-7-15)16-8-10-17(11-9-16)24-12-14-4-2-1-3-5-14/h1-5,8-11,13,15H,6-7,12H2,(H,21,22,23). The number of carbonyl (C=O) groups excluding carboxylic acids is 1. The van der Waals surface area contributed by atoms with E-state index in [9.17, 15) is 4.79 Å². The van der Waals surface area contributed by atoms with Crippen LogP contribution >= 0.6 is 11.3 Å². The lowest BCUT2D eigenvalue weighted by Crippen LogP contribution is -2.11. The van der Waals surface area contributed by atoms with Gasteiger partial charge in [-0.15, -0.1) is 11.3 Å².